The largest absolute Gasteiger partial charge is 0.500 e. The fraction of sp³-hybridized carbons (Fsp3) is 0.529. The zero-order valence-electron chi connectivity index (χ0n) is 14.6. The number of rotatable bonds is 12. The van der Waals surface area contributed by atoms with Gasteiger partial charge in [-0.05, 0) is 31.5 Å². The van der Waals surface area contributed by atoms with Gasteiger partial charge in [-0.15, -0.1) is 19.0 Å². The molecule has 5 nitrogen and oxygen atoms in total. The highest BCUT2D eigenvalue weighted by Gasteiger charge is 2.42. The van der Waals surface area contributed by atoms with Gasteiger partial charge < -0.3 is 24.7 Å². The Kier molecular flexibility index (Phi) is 12.2. The number of hydrogen-bond acceptors (Lipinski definition) is 5. The van der Waals surface area contributed by atoms with E-state index in [1.54, 1.807) is 14.2 Å². The van der Waals surface area contributed by atoms with Gasteiger partial charge in [0.05, 0.1) is 6.10 Å². The minimum absolute atomic E-state index is 0. The van der Waals surface area contributed by atoms with Crippen LogP contribution in [-0.2, 0) is 13.3 Å². The van der Waals surface area contributed by atoms with E-state index in [9.17, 15) is 0 Å². The lowest BCUT2D eigenvalue weighted by molar-refractivity contribution is 0.0455. The molecule has 1 rings (SSSR count). The molecule has 0 bridgehead atoms. The monoisotopic (exact) mass is 374 g/mol. The molecule has 0 fully saturated rings. The van der Waals surface area contributed by atoms with Crippen molar-refractivity contribution >= 4 is 21.2 Å². The summed E-state index contributed by atoms with van der Waals surface area (Å²) in [6.07, 6.45) is 3.27. The Bertz CT molecular complexity index is 447. The van der Waals surface area contributed by atoms with E-state index in [0.29, 0.717) is 25.6 Å². The van der Waals surface area contributed by atoms with E-state index < -0.39 is 8.80 Å². The molecule has 1 aromatic carbocycles. The number of benzene rings is 1. The molecule has 0 saturated carbocycles. The van der Waals surface area contributed by atoms with Crippen LogP contribution in [0.25, 0.3) is 0 Å². The summed E-state index contributed by atoms with van der Waals surface area (Å²) in [5.41, 5.74) is 12.6. The summed E-state index contributed by atoms with van der Waals surface area (Å²) < 4.78 is 17.7. The van der Waals surface area contributed by atoms with Crippen LogP contribution in [0.2, 0.25) is 6.04 Å². The average molecular weight is 375 g/mol. The van der Waals surface area contributed by atoms with Crippen LogP contribution in [0.5, 0.6) is 0 Å². The van der Waals surface area contributed by atoms with Gasteiger partial charge in [0.25, 0.3) is 0 Å². The molecule has 2 unspecified atom stereocenters. The second-order valence-electron chi connectivity index (χ2n) is 5.39. The zero-order valence-corrected chi connectivity index (χ0v) is 16.5. The lowest BCUT2D eigenvalue weighted by Crippen LogP contribution is -2.48. The van der Waals surface area contributed by atoms with E-state index in [0.717, 1.165) is 12.0 Å². The Labute approximate surface area is 153 Å². The van der Waals surface area contributed by atoms with E-state index in [2.05, 4.69) is 18.7 Å². The molecule has 0 aromatic heterocycles. The molecule has 2 atom stereocenters. The first-order valence-corrected chi connectivity index (χ1v) is 9.95. The third-order valence-electron chi connectivity index (χ3n) is 3.93. The standard InChI is InChI=1S/C17H30N2O3Si.ClH/c1-4-16(15-9-6-5-7-10-15)17(11-13-19)22-23(20-2,21-3)14-8-12-18;/h4-7,9-10,16-17H,1,8,11-14,18-19H2,2-3H3;1H. The Morgan fingerprint density at radius 1 is 1.12 bits per heavy atom. The SMILES string of the molecule is C=CC(c1ccccc1)C(CCN)O[Si](CCCN)(OC)OC.Cl. The normalized spacial score (nSPS) is 13.8. The van der Waals surface area contributed by atoms with Crippen molar-refractivity contribution in [3.63, 3.8) is 0 Å². The maximum Gasteiger partial charge on any atom is 0.500 e. The fourth-order valence-electron chi connectivity index (χ4n) is 2.65. The van der Waals surface area contributed by atoms with E-state index in [-0.39, 0.29) is 24.4 Å². The molecule has 0 amide bonds. The Morgan fingerprint density at radius 3 is 2.21 bits per heavy atom. The second kappa shape index (κ2) is 12.6. The Balaban J connectivity index is 0.00000529. The molecule has 7 heteroatoms. The number of hydrogen-bond donors (Lipinski definition) is 2. The van der Waals surface area contributed by atoms with E-state index >= 15 is 0 Å². The Hall–Kier alpha value is -0.733. The third-order valence-corrected chi connectivity index (χ3v) is 6.80. The fourth-order valence-corrected chi connectivity index (χ4v) is 4.89. The summed E-state index contributed by atoms with van der Waals surface area (Å²) in [6.45, 7) is 5.08. The van der Waals surface area contributed by atoms with Crippen molar-refractivity contribution in [1.29, 1.82) is 0 Å². The van der Waals surface area contributed by atoms with Crippen LogP contribution in [0, 0.1) is 0 Å². The maximum absolute atomic E-state index is 6.37. The predicted molar refractivity (Wildman–Crippen MR) is 103 cm³/mol. The molecular weight excluding hydrogens is 344 g/mol. The van der Waals surface area contributed by atoms with Crippen molar-refractivity contribution in [2.75, 3.05) is 27.3 Å². The van der Waals surface area contributed by atoms with Gasteiger partial charge in [0.15, 0.2) is 0 Å². The average Bonchev–Trinajstić information content (AvgIpc) is 2.60. The first-order valence-electron chi connectivity index (χ1n) is 8.02. The number of halogens is 1. The van der Waals surface area contributed by atoms with Crippen molar-refractivity contribution in [2.24, 2.45) is 11.5 Å². The number of nitrogens with two attached hydrogens (primary N) is 2. The highest BCUT2D eigenvalue weighted by Crippen LogP contribution is 2.29. The summed E-state index contributed by atoms with van der Waals surface area (Å²) in [5, 5.41) is 0. The third kappa shape index (κ3) is 6.64. The van der Waals surface area contributed by atoms with Crippen LogP contribution in [0.1, 0.15) is 24.3 Å². The quantitative estimate of drug-likeness (QED) is 0.434. The molecule has 0 aliphatic heterocycles. The first kappa shape index (κ1) is 23.3. The van der Waals surface area contributed by atoms with Gasteiger partial charge in [0, 0.05) is 26.2 Å². The lowest BCUT2D eigenvalue weighted by atomic mass is 9.92. The van der Waals surface area contributed by atoms with Gasteiger partial charge in [-0.1, -0.05) is 36.4 Å². The van der Waals surface area contributed by atoms with Gasteiger partial charge >= 0.3 is 8.80 Å². The predicted octanol–water partition coefficient (Wildman–Crippen LogP) is 2.69. The topological polar surface area (TPSA) is 79.7 Å². The first-order chi connectivity index (χ1) is 11.2. The molecule has 1 aromatic rings. The van der Waals surface area contributed by atoms with E-state index in [1.165, 1.54) is 0 Å². The molecule has 0 radical (unpaired) electrons. The zero-order chi connectivity index (χ0) is 17.1. The van der Waals surface area contributed by atoms with Crippen LogP contribution in [0.3, 0.4) is 0 Å². The van der Waals surface area contributed by atoms with Crippen molar-refractivity contribution in [3.05, 3.63) is 48.6 Å². The minimum Gasteiger partial charge on any atom is -0.377 e. The smallest absolute Gasteiger partial charge is 0.377 e. The van der Waals surface area contributed by atoms with Gasteiger partial charge in [-0.3, -0.25) is 0 Å². The molecular formula is C17H31ClN2O3Si. The van der Waals surface area contributed by atoms with Gasteiger partial charge in [-0.2, -0.15) is 0 Å². The minimum atomic E-state index is -2.76. The van der Waals surface area contributed by atoms with Gasteiger partial charge in [0.2, 0.25) is 0 Å². The molecule has 4 N–H and O–H groups in total. The van der Waals surface area contributed by atoms with Crippen LogP contribution >= 0.6 is 12.4 Å². The molecule has 24 heavy (non-hydrogen) atoms. The van der Waals surface area contributed by atoms with E-state index in [4.69, 9.17) is 24.7 Å². The second-order valence-corrected chi connectivity index (χ2v) is 8.31. The summed E-state index contributed by atoms with van der Waals surface area (Å²) in [7, 11) is 0.512. The highest BCUT2D eigenvalue weighted by atomic mass is 35.5. The molecule has 0 heterocycles. The van der Waals surface area contributed by atoms with Crippen LogP contribution in [0.15, 0.2) is 43.0 Å². The van der Waals surface area contributed by atoms with Crippen molar-refractivity contribution < 1.29 is 13.3 Å². The van der Waals surface area contributed by atoms with Crippen molar-refractivity contribution in [1.82, 2.24) is 0 Å². The van der Waals surface area contributed by atoms with Gasteiger partial charge in [0.1, 0.15) is 0 Å². The van der Waals surface area contributed by atoms with Crippen LogP contribution < -0.4 is 11.5 Å². The molecule has 0 saturated heterocycles. The Morgan fingerprint density at radius 2 is 1.75 bits per heavy atom. The summed E-state index contributed by atoms with van der Waals surface area (Å²) in [4.78, 5) is 0. The maximum atomic E-state index is 6.37. The van der Waals surface area contributed by atoms with Crippen LogP contribution in [0.4, 0.5) is 0 Å². The summed E-state index contributed by atoms with van der Waals surface area (Å²) in [5.74, 6) is 0.0369. The molecule has 138 valence electrons. The van der Waals surface area contributed by atoms with Crippen molar-refractivity contribution in [2.45, 2.75) is 30.9 Å². The highest BCUT2D eigenvalue weighted by molar-refractivity contribution is 6.60. The van der Waals surface area contributed by atoms with Crippen LogP contribution in [-0.4, -0.2) is 42.2 Å². The molecule has 0 aliphatic carbocycles. The van der Waals surface area contributed by atoms with Gasteiger partial charge in [-0.25, -0.2) is 0 Å². The van der Waals surface area contributed by atoms with E-state index in [1.807, 2.05) is 24.3 Å². The lowest BCUT2D eigenvalue weighted by Gasteiger charge is -2.34. The summed E-state index contributed by atoms with van der Waals surface area (Å²) >= 11 is 0. The molecule has 0 aliphatic rings. The van der Waals surface area contributed by atoms with Crippen molar-refractivity contribution in [3.8, 4) is 0 Å². The molecule has 0 spiro atoms. The summed E-state index contributed by atoms with van der Waals surface area (Å²) in [6, 6.07) is 10.8.